The van der Waals surface area contributed by atoms with Crippen molar-refractivity contribution < 1.29 is 5.11 Å². The minimum absolute atomic E-state index is 0.207. The minimum Gasteiger partial charge on any atom is -0.508 e. The molecule has 0 bridgehead atoms. The van der Waals surface area contributed by atoms with E-state index >= 15 is 0 Å². The number of aromatic hydroxyl groups is 1. The second-order valence-electron chi connectivity index (χ2n) is 3.62. The van der Waals surface area contributed by atoms with E-state index in [0.717, 1.165) is 10.2 Å². The number of rotatable bonds is 4. The van der Waals surface area contributed by atoms with Crippen LogP contribution in [-0.4, -0.2) is 21.6 Å². The summed E-state index contributed by atoms with van der Waals surface area (Å²) in [6, 6.07) is 6.63. The van der Waals surface area contributed by atoms with E-state index in [1.165, 1.54) is 0 Å². The molecular formula is C13H11BrN4O. The van der Waals surface area contributed by atoms with Gasteiger partial charge in [0.25, 0.3) is 0 Å². The maximum absolute atomic E-state index is 9.21. The standard InChI is InChI=1S/C13H11BrN4O/c1-2-7-15-12-11(14)8-16-13(18-12)17-9-3-5-10(19)6-4-9/h1,3-6,8,19H,7H2,(H2,15,16,17,18). The van der Waals surface area contributed by atoms with Crippen molar-refractivity contribution >= 4 is 33.4 Å². The fourth-order valence-corrected chi connectivity index (χ4v) is 1.69. The molecule has 0 unspecified atom stereocenters. The monoisotopic (exact) mass is 318 g/mol. The summed E-state index contributed by atoms with van der Waals surface area (Å²) in [5, 5.41) is 15.2. The Morgan fingerprint density at radius 1 is 1.32 bits per heavy atom. The molecule has 3 N–H and O–H groups in total. The van der Waals surface area contributed by atoms with Gasteiger partial charge in [-0.2, -0.15) is 4.98 Å². The van der Waals surface area contributed by atoms with Gasteiger partial charge in [-0.05, 0) is 40.2 Å². The van der Waals surface area contributed by atoms with Gasteiger partial charge in [0.15, 0.2) is 0 Å². The molecule has 1 aromatic carbocycles. The van der Waals surface area contributed by atoms with Gasteiger partial charge in [-0.3, -0.25) is 0 Å². The highest BCUT2D eigenvalue weighted by Crippen LogP contribution is 2.22. The maximum Gasteiger partial charge on any atom is 0.229 e. The van der Waals surface area contributed by atoms with Gasteiger partial charge in [0, 0.05) is 11.9 Å². The van der Waals surface area contributed by atoms with E-state index in [-0.39, 0.29) is 5.75 Å². The van der Waals surface area contributed by atoms with Gasteiger partial charge in [0.1, 0.15) is 11.6 Å². The zero-order valence-corrected chi connectivity index (χ0v) is 11.5. The van der Waals surface area contributed by atoms with Gasteiger partial charge in [-0.1, -0.05) is 5.92 Å². The number of aromatic nitrogens is 2. The van der Waals surface area contributed by atoms with Crippen LogP contribution in [-0.2, 0) is 0 Å². The minimum atomic E-state index is 0.207. The molecule has 0 radical (unpaired) electrons. The topological polar surface area (TPSA) is 70.1 Å². The number of nitrogens with one attached hydrogen (secondary N) is 2. The summed E-state index contributed by atoms with van der Waals surface area (Å²) >= 11 is 3.34. The molecule has 0 saturated carbocycles. The number of nitrogens with zero attached hydrogens (tertiary/aromatic N) is 2. The molecule has 0 fully saturated rings. The summed E-state index contributed by atoms with van der Waals surface area (Å²) in [7, 11) is 0. The van der Waals surface area contributed by atoms with E-state index in [0.29, 0.717) is 18.3 Å². The molecule has 2 rings (SSSR count). The lowest BCUT2D eigenvalue weighted by Gasteiger charge is -2.08. The van der Waals surface area contributed by atoms with Gasteiger partial charge < -0.3 is 15.7 Å². The normalized spacial score (nSPS) is 9.68. The smallest absolute Gasteiger partial charge is 0.229 e. The molecule has 5 nitrogen and oxygen atoms in total. The Kier molecular flexibility index (Phi) is 4.21. The number of benzene rings is 1. The number of phenols is 1. The first-order chi connectivity index (χ1) is 9.19. The van der Waals surface area contributed by atoms with Crippen LogP contribution in [0.25, 0.3) is 0 Å². The largest absolute Gasteiger partial charge is 0.508 e. The van der Waals surface area contributed by atoms with E-state index in [2.05, 4.69) is 42.5 Å². The Morgan fingerprint density at radius 3 is 2.74 bits per heavy atom. The number of hydrogen-bond donors (Lipinski definition) is 3. The van der Waals surface area contributed by atoms with Crippen LogP contribution in [0.3, 0.4) is 0 Å². The van der Waals surface area contributed by atoms with Crippen LogP contribution in [0.5, 0.6) is 5.75 Å². The highest BCUT2D eigenvalue weighted by Gasteiger charge is 2.04. The van der Waals surface area contributed by atoms with E-state index in [1.807, 2.05) is 0 Å². The molecule has 0 aliphatic carbocycles. The van der Waals surface area contributed by atoms with Crippen LogP contribution in [0, 0.1) is 12.3 Å². The number of halogens is 1. The third-order valence-electron chi connectivity index (χ3n) is 2.23. The molecule has 0 atom stereocenters. The first-order valence-electron chi connectivity index (χ1n) is 5.45. The van der Waals surface area contributed by atoms with Crippen molar-refractivity contribution in [2.45, 2.75) is 0 Å². The number of hydrogen-bond acceptors (Lipinski definition) is 5. The van der Waals surface area contributed by atoms with Gasteiger partial charge >= 0.3 is 0 Å². The maximum atomic E-state index is 9.21. The van der Waals surface area contributed by atoms with Crippen molar-refractivity contribution in [3.05, 3.63) is 34.9 Å². The molecule has 0 amide bonds. The van der Waals surface area contributed by atoms with Crippen LogP contribution in [0.2, 0.25) is 0 Å². The zero-order chi connectivity index (χ0) is 13.7. The van der Waals surface area contributed by atoms with Gasteiger partial charge in [0.05, 0.1) is 11.0 Å². The molecule has 0 aliphatic heterocycles. The lowest BCUT2D eigenvalue weighted by atomic mass is 10.3. The van der Waals surface area contributed by atoms with Gasteiger partial charge in [-0.25, -0.2) is 4.98 Å². The Bertz CT molecular complexity index is 607. The molecule has 1 aromatic heterocycles. The van der Waals surface area contributed by atoms with Crippen molar-refractivity contribution in [3.63, 3.8) is 0 Å². The Morgan fingerprint density at radius 2 is 2.05 bits per heavy atom. The highest BCUT2D eigenvalue weighted by molar-refractivity contribution is 9.10. The average molecular weight is 319 g/mol. The lowest BCUT2D eigenvalue weighted by Crippen LogP contribution is -2.05. The summed E-state index contributed by atoms with van der Waals surface area (Å²) < 4.78 is 0.735. The summed E-state index contributed by atoms with van der Waals surface area (Å²) in [6.07, 6.45) is 6.83. The predicted octanol–water partition coefficient (Wildman–Crippen LogP) is 2.73. The quantitative estimate of drug-likeness (QED) is 0.597. The zero-order valence-electron chi connectivity index (χ0n) is 9.89. The number of phenolic OH excluding ortho intramolecular Hbond substituents is 1. The van der Waals surface area contributed by atoms with E-state index in [4.69, 9.17) is 6.42 Å². The fourth-order valence-electron chi connectivity index (χ4n) is 1.36. The molecule has 0 spiro atoms. The Hall–Kier alpha value is -2.26. The van der Waals surface area contributed by atoms with Crippen molar-refractivity contribution in [1.82, 2.24) is 9.97 Å². The van der Waals surface area contributed by atoms with Crippen LogP contribution in [0.15, 0.2) is 34.9 Å². The number of anilines is 3. The van der Waals surface area contributed by atoms with Crippen molar-refractivity contribution in [3.8, 4) is 18.1 Å². The van der Waals surface area contributed by atoms with Crippen molar-refractivity contribution in [1.29, 1.82) is 0 Å². The third-order valence-corrected chi connectivity index (χ3v) is 2.81. The Labute approximate surface area is 119 Å². The van der Waals surface area contributed by atoms with Crippen LogP contribution < -0.4 is 10.6 Å². The second kappa shape index (κ2) is 6.07. The molecular weight excluding hydrogens is 308 g/mol. The molecule has 1 heterocycles. The first kappa shape index (κ1) is 13.2. The van der Waals surface area contributed by atoms with E-state index in [9.17, 15) is 5.11 Å². The highest BCUT2D eigenvalue weighted by atomic mass is 79.9. The van der Waals surface area contributed by atoms with E-state index < -0.39 is 0 Å². The molecule has 0 aliphatic rings. The van der Waals surface area contributed by atoms with Crippen molar-refractivity contribution in [2.75, 3.05) is 17.2 Å². The third kappa shape index (κ3) is 3.60. The number of terminal acetylenes is 1. The van der Waals surface area contributed by atoms with E-state index in [1.54, 1.807) is 30.5 Å². The average Bonchev–Trinajstić information content (AvgIpc) is 2.42. The Balaban J connectivity index is 2.16. The van der Waals surface area contributed by atoms with Crippen LogP contribution in [0.4, 0.5) is 17.5 Å². The van der Waals surface area contributed by atoms with Gasteiger partial charge in [-0.15, -0.1) is 6.42 Å². The van der Waals surface area contributed by atoms with Crippen molar-refractivity contribution in [2.24, 2.45) is 0 Å². The lowest BCUT2D eigenvalue weighted by molar-refractivity contribution is 0.475. The summed E-state index contributed by atoms with van der Waals surface area (Å²) in [5.41, 5.74) is 0.781. The van der Waals surface area contributed by atoms with Gasteiger partial charge in [0.2, 0.25) is 5.95 Å². The molecule has 96 valence electrons. The molecule has 2 aromatic rings. The van der Waals surface area contributed by atoms with Crippen LogP contribution >= 0.6 is 15.9 Å². The predicted molar refractivity (Wildman–Crippen MR) is 78.4 cm³/mol. The summed E-state index contributed by atoms with van der Waals surface area (Å²) in [6.45, 7) is 0.383. The molecule has 0 saturated heterocycles. The van der Waals surface area contributed by atoms with Crippen LogP contribution in [0.1, 0.15) is 0 Å². The molecule has 6 heteroatoms. The second-order valence-corrected chi connectivity index (χ2v) is 4.47. The molecule has 19 heavy (non-hydrogen) atoms. The SMILES string of the molecule is C#CCNc1nc(Nc2ccc(O)cc2)ncc1Br. The fraction of sp³-hybridized carbons (Fsp3) is 0.0769. The first-order valence-corrected chi connectivity index (χ1v) is 6.24. The summed E-state index contributed by atoms with van der Waals surface area (Å²) in [5.74, 6) is 3.74. The summed E-state index contributed by atoms with van der Waals surface area (Å²) in [4.78, 5) is 8.43.